The second-order valence-corrected chi connectivity index (χ2v) is 6.40. The van der Waals surface area contributed by atoms with Crippen LogP contribution in [0.4, 0.5) is 5.82 Å². The molecule has 142 valence electrons. The number of halogens is 1. The van der Waals surface area contributed by atoms with Crippen LogP contribution in [0.3, 0.4) is 0 Å². The third kappa shape index (κ3) is 6.07. The average Bonchev–Trinajstić information content (AvgIpc) is 2.63. The lowest BCUT2D eigenvalue weighted by Crippen LogP contribution is -2.36. The fourth-order valence-corrected chi connectivity index (χ4v) is 2.22. The molecule has 1 aromatic heterocycles. The Kier molecular flexibility index (Phi) is 6.90. The molecule has 0 spiro atoms. The number of aryl methyl sites for hydroxylation is 2. The molecule has 0 fully saturated rings. The second kappa shape index (κ2) is 9.14. The topological polar surface area (TPSA) is 97.4 Å². The maximum Gasteiger partial charge on any atom is 0.326 e. The summed E-state index contributed by atoms with van der Waals surface area (Å²) in [5, 5.41) is 5.41. The van der Waals surface area contributed by atoms with Crippen LogP contribution in [0.25, 0.3) is 0 Å². The number of ether oxygens (including phenoxy) is 1. The summed E-state index contributed by atoms with van der Waals surface area (Å²) < 4.78 is 5.02. The van der Waals surface area contributed by atoms with E-state index in [4.69, 9.17) is 16.3 Å². The van der Waals surface area contributed by atoms with Crippen LogP contribution in [0, 0.1) is 13.8 Å². The quantitative estimate of drug-likeness (QED) is 0.740. The highest BCUT2D eigenvalue weighted by atomic mass is 35.5. The maximum absolute atomic E-state index is 12.1. The Bertz CT molecular complexity index is 853. The monoisotopic (exact) mass is 389 g/mol. The van der Waals surface area contributed by atoms with Crippen LogP contribution in [0.2, 0.25) is 5.02 Å². The molecule has 27 heavy (non-hydrogen) atoms. The molecule has 2 N–H and O–H groups in total. The van der Waals surface area contributed by atoms with Crippen LogP contribution in [0.15, 0.2) is 36.5 Å². The summed E-state index contributed by atoms with van der Waals surface area (Å²) in [7, 11) is 0. The number of anilines is 1. The fourth-order valence-electron chi connectivity index (χ4n) is 2.11. The molecule has 0 saturated carbocycles. The summed E-state index contributed by atoms with van der Waals surface area (Å²) in [6.07, 6.45) is 0.337. The minimum atomic E-state index is -1.05. The maximum atomic E-state index is 12.1. The molecule has 2 rings (SSSR count). The summed E-state index contributed by atoms with van der Waals surface area (Å²) in [5.41, 5.74) is 2.50. The van der Waals surface area contributed by atoms with Crippen molar-refractivity contribution in [3.8, 4) is 0 Å². The molecule has 1 heterocycles. The Hall–Kier alpha value is -2.93. The lowest BCUT2D eigenvalue weighted by molar-refractivity contribution is -0.152. The molecule has 1 atom stereocenters. The number of nitrogens with zero attached hydrogens (tertiary/aromatic N) is 1. The predicted molar refractivity (Wildman–Crippen MR) is 102 cm³/mol. The summed E-state index contributed by atoms with van der Waals surface area (Å²) in [6.45, 7) is 4.92. The van der Waals surface area contributed by atoms with Crippen molar-refractivity contribution in [3.05, 3.63) is 58.2 Å². The van der Waals surface area contributed by atoms with Crippen LogP contribution < -0.4 is 10.6 Å². The van der Waals surface area contributed by atoms with Gasteiger partial charge in [0.25, 0.3) is 11.8 Å². The number of rotatable bonds is 6. The van der Waals surface area contributed by atoms with E-state index in [-0.39, 0.29) is 12.4 Å². The Morgan fingerprint density at radius 1 is 1.15 bits per heavy atom. The fraction of sp³-hybridized carbons (Fsp3) is 0.263. The van der Waals surface area contributed by atoms with Crippen LogP contribution >= 0.6 is 11.6 Å². The molecule has 2 aromatic rings. The van der Waals surface area contributed by atoms with Gasteiger partial charge >= 0.3 is 5.97 Å². The van der Waals surface area contributed by atoms with Crippen molar-refractivity contribution in [2.24, 2.45) is 0 Å². The minimum absolute atomic E-state index is 0.287. The van der Waals surface area contributed by atoms with Gasteiger partial charge in [0.2, 0.25) is 0 Å². The molecule has 8 heteroatoms. The standard InChI is InChI=1S/C19H20ClN3O4/c1-11-4-5-14(8-12(11)2)19(26)22-10-17(24)27-13(3)18(25)23-16-7-6-15(20)9-21-16/h4-9,13H,10H2,1-3H3,(H,22,26)(H,21,23,25)/t13-/m0/s1. The number of carbonyl (C=O) groups excluding carboxylic acids is 3. The molecule has 7 nitrogen and oxygen atoms in total. The smallest absolute Gasteiger partial charge is 0.326 e. The number of pyridine rings is 1. The van der Waals surface area contributed by atoms with E-state index in [0.717, 1.165) is 11.1 Å². The van der Waals surface area contributed by atoms with Gasteiger partial charge in [-0.3, -0.25) is 14.4 Å². The highest BCUT2D eigenvalue weighted by Crippen LogP contribution is 2.11. The zero-order valence-electron chi connectivity index (χ0n) is 15.2. The Morgan fingerprint density at radius 2 is 1.89 bits per heavy atom. The van der Waals surface area contributed by atoms with Gasteiger partial charge in [0.05, 0.1) is 5.02 Å². The van der Waals surface area contributed by atoms with E-state index in [1.165, 1.54) is 19.2 Å². The van der Waals surface area contributed by atoms with Crippen molar-refractivity contribution in [1.29, 1.82) is 0 Å². The number of hydrogen-bond acceptors (Lipinski definition) is 5. The zero-order valence-corrected chi connectivity index (χ0v) is 16.0. The Labute approximate surface area is 162 Å². The van der Waals surface area contributed by atoms with Gasteiger partial charge in [0.15, 0.2) is 6.10 Å². The summed E-state index contributed by atoms with van der Waals surface area (Å²) in [5.74, 6) is -1.37. The molecule has 0 unspecified atom stereocenters. The van der Waals surface area contributed by atoms with Gasteiger partial charge in [-0.2, -0.15) is 0 Å². The van der Waals surface area contributed by atoms with E-state index in [0.29, 0.717) is 10.6 Å². The summed E-state index contributed by atoms with van der Waals surface area (Å²) in [4.78, 5) is 39.9. The van der Waals surface area contributed by atoms with Crippen molar-refractivity contribution < 1.29 is 19.1 Å². The molecule has 0 saturated heterocycles. The molecule has 0 aliphatic heterocycles. The third-order valence-electron chi connectivity index (χ3n) is 3.82. The highest BCUT2D eigenvalue weighted by Gasteiger charge is 2.19. The van der Waals surface area contributed by atoms with Gasteiger partial charge in [-0.1, -0.05) is 17.7 Å². The van der Waals surface area contributed by atoms with E-state index in [2.05, 4.69) is 15.6 Å². The molecular weight excluding hydrogens is 370 g/mol. The van der Waals surface area contributed by atoms with Gasteiger partial charge in [-0.25, -0.2) is 4.98 Å². The summed E-state index contributed by atoms with van der Waals surface area (Å²) in [6, 6.07) is 8.35. The van der Waals surface area contributed by atoms with Gasteiger partial charge in [-0.05, 0) is 56.2 Å². The normalized spacial score (nSPS) is 11.4. The minimum Gasteiger partial charge on any atom is -0.451 e. The number of nitrogens with one attached hydrogen (secondary N) is 2. The molecule has 0 aliphatic rings. The average molecular weight is 390 g/mol. The largest absolute Gasteiger partial charge is 0.451 e. The van der Waals surface area contributed by atoms with E-state index >= 15 is 0 Å². The van der Waals surface area contributed by atoms with Gasteiger partial charge in [0, 0.05) is 11.8 Å². The van der Waals surface area contributed by atoms with E-state index in [1.807, 2.05) is 19.9 Å². The lowest BCUT2D eigenvalue weighted by Gasteiger charge is -2.13. The number of esters is 1. The van der Waals surface area contributed by atoms with Gasteiger partial charge < -0.3 is 15.4 Å². The number of aromatic nitrogens is 1. The highest BCUT2D eigenvalue weighted by molar-refractivity contribution is 6.30. The molecule has 1 aromatic carbocycles. The SMILES string of the molecule is Cc1ccc(C(=O)NCC(=O)O[C@@H](C)C(=O)Nc2ccc(Cl)cn2)cc1C. The first-order valence-corrected chi connectivity index (χ1v) is 8.61. The van der Waals surface area contributed by atoms with E-state index in [9.17, 15) is 14.4 Å². The molecule has 2 amide bonds. The Balaban J connectivity index is 1.81. The number of amides is 2. The molecule has 0 radical (unpaired) electrons. The first-order chi connectivity index (χ1) is 12.8. The van der Waals surface area contributed by atoms with Crippen molar-refractivity contribution in [2.75, 3.05) is 11.9 Å². The van der Waals surface area contributed by atoms with Crippen LogP contribution in [-0.4, -0.2) is 35.4 Å². The molecule has 0 aliphatic carbocycles. The third-order valence-corrected chi connectivity index (χ3v) is 4.04. The Morgan fingerprint density at radius 3 is 2.52 bits per heavy atom. The van der Waals surface area contributed by atoms with Gasteiger partial charge in [0.1, 0.15) is 12.4 Å². The van der Waals surface area contributed by atoms with Crippen LogP contribution in [0.1, 0.15) is 28.4 Å². The van der Waals surface area contributed by atoms with Crippen LogP contribution in [-0.2, 0) is 14.3 Å². The number of benzene rings is 1. The lowest BCUT2D eigenvalue weighted by atomic mass is 10.1. The van der Waals surface area contributed by atoms with Crippen LogP contribution in [0.5, 0.6) is 0 Å². The predicted octanol–water partition coefficient (Wildman–Crippen LogP) is 2.65. The first kappa shape index (κ1) is 20.4. The van der Waals surface area contributed by atoms with Gasteiger partial charge in [-0.15, -0.1) is 0 Å². The first-order valence-electron chi connectivity index (χ1n) is 8.23. The molecule has 0 bridgehead atoms. The number of hydrogen-bond donors (Lipinski definition) is 2. The second-order valence-electron chi connectivity index (χ2n) is 5.96. The van der Waals surface area contributed by atoms with E-state index in [1.54, 1.807) is 18.2 Å². The van der Waals surface area contributed by atoms with Crippen molar-refractivity contribution in [3.63, 3.8) is 0 Å². The number of carbonyl (C=O) groups is 3. The van der Waals surface area contributed by atoms with E-state index < -0.39 is 23.9 Å². The van der Waals surface area contributed by atoms with Crippen molar-refractivity contribution in [1.82, 2.24) is 10.3 Å². The summed E-state index contributed by atoms with van der Waals surface area (Å²) >= 11 is 5.72. The molecular formula is C19H20ClN3O4. The zero-order chi connectivity index (χ0) is 20.0. The van der Waals surface area contributed by atoms with Crippen molar-refractivity contribution in [2.45, 2.75) is 26.9 Å². The van der Waals surface area contributed by atoms with Crippen molar-refractivity contribution >= 4 is 35.2 Å².